The average Bonchev–Trinajstić information content (AvgIpc) is 2.81. The molecule has 96 valence electrons. The van der Waals surface area contributed by atoms with Gasteiger partial charge in [-0.05, 0) is 37.6 Å². The standard InChI is InChI=1S/C14H13FN4/c1-10(2)19-14(13(9-16)17-18-19)8-5-11-3-6-12(15)7-4-11/h3-8,10H,1-2H3/b8-5+. The number of hydrogen-bond donors (Lipinski definition) is 0. The first-order valence-electron chi connectivity index (χ1n) is 5.90. The van der Waals surface area contributed by atoms with Gasteiger partial charge >= 0.3 is 0 Å². The Kier molecular flexibility index (Phi) is 3.71. The Bertz CT molecular complexity index is 632. The lowest BCUT2D eigenvalue weighted by atomic mass is 10.2. The van der Waals surface area contributed by atoms with Gasteiger partial charge in [-0.2, -0.15) is 5.26 Å². The maximum Gasteiger partial charge on any atom is 0.190 e. The number of nitrogens with zero attached hydrogens (tertiary/aromatic N) is 4. The molecule has 1 aromatic carbocycles. The summed E-state index contributed by atoms with van der Waals surface area (Å²) >= 11 is 0. The van der Waals surface area contributed by atoms with Gasteiger partial charge in [-0.15, -0.1) is 5.10 Å². The summed E-state index contributed by atoms with van der Waals surface area (Å²) in [5, 5.41) is 16.8. The normalized spacial score (nSPS) is 11.1. The lowest BCUT2D eigenvalue weighted by Crippen LogP contribution is -2.05. The molecule has 0 amide bonds. The molecule has 0 saturated heterocycles. The van der Waals surface area contributed by atoms with Crippen LogP contribution in [-0.2, 0) is 0 Å². The van der Waals surface area contributed by atoms with E-state index in [9.17, 15) is 4.39 Å². The van der Waals surface area contributed by atoms with Gasteiger partial charge in [0.05, 0.1) is 5.69 Å². The molecule has 0 aliphatic heterocycles. The molecule has 5 heteroatoms. The highest BCUT2D eigenvalue weighted by Crippen LogP contribution is 2.15. The molecule has 0 unspecified atom stereocenters. The number of halogens is 1. The summed E-state index contributed by atoms with van der Waals surface area (Å²) in [7, 11) is 0. The summed E-state index contributed by atoms with van der Waals surface area (Å²) in [6.07, 6.45) is 3.57. The van der Waals surface area contributed by atoms with Crippen LogP contribution < -0.4 is 0 Å². The molecule has 1 heterocycles. The van der Waals surface area contributed by atoms with Crippen molar-refractivity contribution in [2.24, 2.45) is 0 Å². The van der Waals surface area contributed by atoms with E-state index in [1.807, 2.05) is 19.9 Å². The topological polar surface area (TPSA) is 54.5 Å². The monoisotopic (exact) mass is 256 g/mol. The second-order valence-electron chi connectivity index (χ2n) is 4.36. The van der Waals surface area contributed by atoms with Gasteiger partial charge in [-0.1, -0.05) is 23.4 Å². The van der Waals surface area contributed by atoms with Crippen LogP contribution >= 0.6 is 0 Å². The molecule has 2 aromatic rings. The van der Waals surface area contributed by atoms with Gasteiger partial charge in [0.1, 0.15) is 11.9 Å². The zero-order valence-electron chi connectivity index (χ0n) is 10.7. The van der Waals surface area contributed by atoms with Crippen molar-refractivity contribution in [3.8, 4) is 6.07 Å². The number of aromatic nitrogens is 3. The Morgan fingerprint density at radius 1 is 1.26 bits per heavy atom. The first kappa shape index (κ1) is 13.0. The fourth-order valence-electron chi connectivity index (χ4n) is 1.67. The Labute approximate surface area is 110 Å². The van der Waals surface area contributed by atoms with Crippen LogP contribution in [0, 0.1) is 17.1 Å². The van der Waals surface area contributed by atoms with Crippen LogP contribution in [0.2, 0.25) is 0 Å². The van der Waals surface area contributed by atoms with Crippen molar-refractivity contribution in [3.63, 3.8) is 0 Å². The predicted octanol–water partition coefficient (Wildman–Crippen LogP) is 3.04. The van der Waals surface area contributed by atoms with Gasteiger partial charge in [0.25, 0.3) is 0 Å². The van der Waals surface area contributed by atoms with Crippen LogP contribution in [0.25, 0.3) is 12.2 Å². The van der Waals surface area contributed by atoms with E-state index < -0.39 is 0 Å². The first-order chi connectivity index (χ1) is 9.11. The molecule has 0 saturated carbocycles. The number of rotatable bonds is 3. The molecule has 1 aromatic heterocycles. The Hall–Kier alpha value is -2.48. The van der Waals surface area contributed by atoms with Gasteiger partial charge in [0.15, 0.2) is 5.69 Å². The van der Waals surface area contributed by atoms with E-state index in [1.54, 1.807) is 29.0 Å². The molecule has 0 spiro atoms. The zero-order chi connectivity index (χ0) is 13.8. The van der Waals surface area contributed by atoms with Crippen LogP contribution in [0.4, 0.5) is 4.39 Å². The van der Waals surface area contributed by atoms with Gasteiger partial charge in [-0.25, -0.2) is 9.07 Å². The lowest BCUT2D eigenvalue weighted by Gasteiger charge is -2.06. The lowest BCUT2D eigenvalue weighted by molar-refractivity contribution is 0.510. The van der Waals surface area contributed by atoms with Crippen molar-refractivity contribution in [2.75, 3.05) is 0 Å². The molecule has 0 N–H and O–H groups in total. The molecule has 0 atom stereocenters. The van der Waals surface area contributed by atoms with Crippen molar-refractivity contribution >= 4 is 12.2 Å². The van der Waals surface area contributed by atoms with Crippen LogP contribution in [0.3, 0.4) is 0 Å². The Morgan fingerprint density at radius 3 is 2.53 bits per heavy atom. The summed E-state index contributed by atoms with van der Waals surface area (Å²) in [5.74, 6) is -0.274. The Balaban J connectivity index is 2.35. The summed E-state index contributed by atoms with van der Waals surface area (Å²) < 4.78 is 14.5. The van der Waals surface area contributed by atoms with E-state index >= 15 is 0 Å². The number of hydrogen-bond acceptors (Lipinski definition) is 3. The number of nitriles is 1. The maximum absolute atomic E-state index is 12.8. The summed E-state index contributed by atoms with van der Waals surface area (Å²) in [4.78, 5) is 0. The van der Waals surface area contributed by atoms with Gasteiger partial charge in [0.2, 0.25) is 0 Å². The molecule has 0 radical (unpaired) electrons. The minimum Gasteiger partial charge on any atom is -0.241 e. The van der Waals surface area contributed by atoms with E-state index in [2.05, 4.69) is 10.3 Å². The third kappa shape index (κ3) is 2.86. The van der Waals surface area contributed by atoms with Crippen molar-refractivity contribution in [1.29, 1.82) is 5.26 Å². The molecule has 0 bridgehead atoms. The van der Waals surface area contributed by atoms with Gasteiger partial charge in [0, 0.05) is 6.04 Å². The Morgan fingerprint density at radius 2 is 1.95 bits per heavy atom. The number of benzene rings is 1. The second kappa shape index (κ2) is 5.44. The highest BCUT2D eigenvalue weighted by Gasteiger charge is 2.11. The third-order valence-corrected chi connectivity index (χ3v) is 2.63. The van der Waals surface area contributed by atoms with E-state index in [0.29, 0.717) is 5.69 Å². The third-order valence-electron chi connectivity index (χ3n) is 2.63. The van der Waals surface area contributed by atoms with Crippen molar-refractivity contribution < 1.29 is 4.39 Å². The fourth-order valence-corrected chi connectivity index (χ4v) is 1.67. The molecule has 4 nitrogen and oxygen atoms in total. The smallest absolute Gasteiger partial charge is 0.190 e. The van der Waals surface area contributed by atoms with Crippen LogP contribution in [0.15, 0.2) is 24.3 Å². The highest BCUT2D eigenvalue weighted by molar-refractivity contribution is 5.70. The summed E-state index contributed by atoms with van der Waals surface area (Å²) in [6.45, 7) is 3.93. The fraction of sp³-hybridized carbons (Fsp3) is 0.214. The minimum absolute atomic E-state index is 0.113. The second-order valence-corrected chi connectivity index (χ2v) is 4.36. The van der Waals surface area contributed by atoms with E-state index in [-0.39, 0.29) is 17.6 Å². The van der Waals surface area contributed by atoms with E-state index in [4.69, 9.17) is 5.26 Å². The highest BCUT2D eigenvalue weighted by atomic mass is 19.1. The zero-order valence-corrected chi connectivity index (χ0v) is 10.7. The SMILES string of the molecule is CC(C)n1nnc(C#N)c1/C=C/c1ccc(F)cc1. The molecule has 2 rings (SSSR count). The maximum atomic E-state index is 12.8. The van der Waals surface area contributed by atoms with Gasteiger partial charge in [-0.3, -0.25) is 0 Å². The molecular weight excluding hydrogens is 243 g/mol. The van der Waals surface area contributed by atoms with Crippen LogP contribution in [-0.4, -0.2) is 15.0 Å². The summed E-state index contributed by atoms with van der Waals surface area (Å²) in [6, 6.07) is 8.24. The van der Waals surface area contributed by atoms with Crippen molar-refractivity contribution in [2.45, 2.75) is 19.9 Å². The predicted molar refractivity (Wildman–Crippen MR) is 70.5 cm³/mol. The molecule has 19 heavy (non-hydrogen) atoms. The molecule has 0 aliphatic rings. The van der Waals surface area contributed by atoms with Crippen LogP contribution in [0.5, 0.6) is 0 Å². The molecule has 0 aliphatic carbocycles. The molecule has 0 fully saturated rings. The average molecular weight is 256 g/mol. The summed E-state index contributed by atoms with van der Waals surface area (Å²) in [5.41, 5.74) is 1.79. The van der Waals surface area contributed by atoms with Gasteiger partial charge < -0.3 is 0 Å². The molecular formula is C14H13FN4. The van der Waals surface area contributed by atoms with Crippen molar-refractivity contribution in [1.82, 2.24) is 15.0 Å². The minimum atomic E-state index is -0.274. The largest absolute Gasteiger partial charge is 0.241 e. The van der Waals surface area contributed by atoms with Crippen LogP contribution in [0.1, 0.15) is 36.8 Å². The van der Waals surface area contributed by atoms with E-state index in [0.717, 1.165) is 5.56 Å². The first-order valence-corrected chi connectivity index (χ1v) is 5.90. The quantitative estimate of drug-likeness (QED) is 0.848. The van der Waals surface area contributed by atoms with E-state index in [1.165, 1.54) is 12.1 Å². The van der Waals surface area contributed by atoms with Crippen molar-refractivity contribution in [3.05, 3.63) is 47.0 Å².